The molecule has 2 aromatic carbocycles. The zero-order valence-electron chi connectivity index (χ0n) is 14.7. The van der Waals surface area contributed by atoms with Crippen molar-refractivity contribution < 1.29 is 14.7 Å². The van der Waals surface area contributed by atoms with Crippen LogP contribution in [0.3, 0.4) is 0 Å². The van der Waals surface area contributed by atoms with Crippen molar-refractivity contribution in [2.45, 2.75) is 20.8 Å². The molecule has 0 fully saturated rings. The zero-order valence-corrected chi connectivity index (χ0v) is 14.7. The molecule has 0 saturated heterocycles. The molecule has 2 amide bonds. The van der Waals surface area contributed by atoms with Crippen LogP contribution in [0.4, 0.5) is 17.1 Å². The summed E-state index contributed by atoms with van der Waals surface area (Å²) in [5.74, 6) is -1.72. The second-order valence-corrected chi connectivity index (χ2v) is 5.65. The topological polar surface area (TPSA) is 81.7 Å². The van der Waals surface area contributed by atoms with Gasteiger partial charge in [-0.2, -0.15) is 0 Å². The summed E-state index contributed by atoms with van der Waals surface area (Å²) in [7, 11) is 0. The third-order valence-electron chi connectivity index (χ3n) is 3.86. The Bertz CT molecular complexity index is 753. The van der Waals surface area contributed by atoms with Gasteiger partial charge < -0.3 is 20.6 Å². The van der Waals surface area contributed by atoms with E-state index in [-0.39, 0.29) is 11.4 Å². The van der Waals surface area contributed by atoms with Crippen LogP contribution in [0.25, 0.3) is 0 Å². The Morgan fingerprint density at radius 2 is 1.56 bits per heavy atom. The van der Waals surface area contributed by atoms with Crippen LogP contribution in [0.1, 0.15) is 19.4 Å². The number of benzene rings is 2. The minimum absolute atomic E-state index is 0.0877. The molecule has 3 N–H and O–H groups in total. The molecular weight excluding hydrogens is 318 g/mol. The highest BCUT2D eigenvalue weighted by molar-refractivity contribution is 6.43. The molecule has 132 valence electrons. The van der Waals surface area contributed by atoms with E-state index in [1.54, 1.807) is 24.3 Å². The lowest BCUT2D eigenvalue weighted by molar-refractivity contribution is -0.133. The summed E-state index contributed by atoms with van der Waals surface area (Å²) < 4.78 is 0. The molecule has 2 aromatic rings. The molecule has 0 aliphatic rings. The molecule has 0 aliphatic carbocycles. The Morgan fingerprint density at radius 1 is 0.960 bits per heavy atom. The first-order valence-corrected chi connectivity index (χ1v) is 8.21. The maximum absolute atomic E-state index is 12.0. The molecule has 25 heavy (non-hydrogen) atoms. The first-order chi connectivity index (χ1) is 11.9. The van der Waals surface area contributed by atoms with Gasteiger partial charge in [-0.05, 0) is 62.7 Å². The highest BCUT2D eigenvalue weighted by atomic mass is 16.3. The van der Waals surface area contributed by atoms with Crippen LogP contribution in [0.5, 0.6) is 5.75 Å². The summed E-state index contributed by atoms with van der Waals surface area (Å²) in [6, 6.07) is 12.1. The number of carbonyl (C=O) groups excluding carboxylic acids is 2. The van der Waals surface area contributed by atoms with Crippen molar-refractivity contribution in [1.82, 2.24) is 0 Å². The predicted molar refractivity (Wildman–Crippen MR) is 100 cm³/mol. The number of rotatable bonds is 5. The third kappa shape index (κ3) is 4.73. The van der Waals surface area contributed by atoms with Gasteiger partial charge in [-0.3, -0.25) is 9.59 Å². The van der Waals surface area contributed by atoms with Crippen LogP contribution < -0.4 is 15.5 Å². The number of hydrogen-bond acceptors (Lipinski definition) is 4. The molecule has 0 aliphatic heterocycles. The predicted octanol–water partition coefficient (Wildman–Crippen LogP) is 3.12. The van der Waals surface area contributed by atoms with Crippen molar-refractivity contribution in [1.29, 1.82) is 0 Å². The van der Waals surface area contributed by atoms with E-state index in [9.17, 15) is 14.7 Å². The summed E-state index contributed by atoms with van der Waals surface area (Å²) in [6.07, 6.45) is 0. The number of amides is 2. The molecule has 0 aromatic heterocycles. The van der Waals surface area contributed by atoms with E-state index in [0.717, 1.165) is 24.3 Å². The number of phenols is 1. The van der Waals surface area contributed by atoms with Gasteiger partial charge in [0, 0.05) is 24.5 Å². The van der Waals surface area contributed by atoms with Crippen molar-refractivity contribution in [2.75, 3.05) is 28.6 Å². The van der Waals surface area contributed by atoms with Crippen molar-refractivity contribution in [3.63, 3.8) is 0 Å². The van der Waals surface area contributed by atoms with E-state index in [2.05, 4.69) is 29.4 Å². The number of aromatic hydroxyl groups is 1. The van der Waals surface area contributed by atoms with Gasteiger partial charge in [0.2, 0.25) is 0 Å². The summed E-state index contributed by atoms with van der Waals surface area (Å²) in [4.78, 5) is 26.2. The molecule has 2 rings (SSSR count). The first-order valence-electron chi connectivity index (χ1n) is 8.21. The smallest absolute Gasteiger partial charge is 0.314 e. The first kappa shape index (κ1) is 18.3. The van der Waals surface area contributed by atoms with Gasteiger partial charge in [0.05, 0.1) is 5.69 Å². The minimum atomic E-state index is -0.839. The lowest BCUT2D eigenvalue weighted by Crippen LogP contribution is -2.29. The summed E-state index contributed by atoms with van der Waals surface area (Å²) in [5.41, 5.74) is 2.65. The zero-order chi connectivity index (χ0) is 18.4. The molecule has 0 heterocycles. The van der Waals surface area contributed by atoms with Gasteiger partial charge in [-0.15, -0.1) is 0 Å². The van der Waals surface area contributed by atoms with Crippen LogP contribution in [0.15, 0.2) is 42.5 Å². The van der Waals surface area contributed by atoms with Crippen LogP contribution in [0, 0.1) is 6.92 Å². The maximum atomic E-state index is 12.0. The van der Waals surface area contributed by atoms with Gasteiger partial charge in [-0.1, -0.05) is 6.07 Å². The largest absolute Gasteiger partial charge is 0.506 e. The average molecular weight is 341 g/mol. The highest BCUT2D eigenvalue weighted by Crippen LogP contribution is 2.24. The van der Waals surface area contributed by atoms with Crippen molar-refractivity contribution in [3.05, 3.63) is 48.0 Å². The number of phenolic OH excluding ortho intramolecular Hbond substituents is 1. The molecule has 0 atom stereocenters. The van der Waals surface area contributed by atoms with Crippen LogP contribution in [-0.4, -0.2) is 30.0 Å². The van der Waals surface area contributed by atoms with Crippen molar-refractivity contribution in [3.8, 4) is 5.75 Å². The second kappa shape index (κ2) is 8.19. The maximum Gasteiger partial charge on any atom is 0.314 e. The fourth-order valence-electron chi connectivity index (χ4n) is 2.46. The molecule has 0 saturated carbocycles. The van der Waals surface area contributed by atoms with Gasteiger partial charge in [-0.25, -0.2) is 0 Å². The molecule has 0 bridgehead atoms. The Balaban J connectivity index is 2.01. The van der Waals surface area contributed by atoms with E-state index in [1.165, 1.54) is 6.07 Å². The lowest BCUT2D eigenvalue weighted by atomic mass is 10.2. The average Bonchev–Trinajstić information content (AvgIpc) is 2.60. The molecule has 0 radical (unpaired) electrons. The van der Waals surface area contributed by atoms with Crippen molar-refractivity contribution in [2.24, 2.45) is 0 Å². The normalized spacial score (nSPS) is 10.2. The fourth-order valence-corrected chi connectivity index (χ4v) is 2.46. The molecule has 6 nitrogen and oxygen atoms in total. The number of nitrogens with zero attached hydrogens (tertiary/aromatic N) is 1. The van der Waals surface area contributed by atoms with E-state index in [4.69, 9.17) is 0 Å². The number of aryl methyl sites for hydroxylation is 1. The monoisotopic (exact) mass is 341 g/mol. The van der Waals surface area contributed by atoms with E-state index >= 15 is 0 Å². The van der Waals surface area contributed by atoms with Crippen LogP contribution in [-0.2, 0) is 9.59 Å². The van der Waals surface area contributed by atoms with Gasteiger partial charge in [0.15, 0.2) is 0 Å². The van der Waals surface area contributed by atoms with Crippen LogP contribution in [0.2, 0.25) is 0 Å². The van der Waals surface area contributed by atoms with Crippen LogP contribution >= 0.6 is 0 Å². The summed E-state index contributed by atoms with van der Waals surface area (Å²) in [6.45, 7) is 7.76. The SMILES string of the molecule is CCN(CC)c1ccc(NC(=O)C(=O)Nc2cc(C)ccc2O)cc1. The van der Waals surface area contributed by atoms with Gasteiger partial charge in [0.1, 0.15) is 5.75 Å². The summed E-state index contributed by atoms with van der Waals surface area (Å²) >= 11 is 0. The molecule has 0 spiro atoms. The Hall–Kier alpha value is -3.02. The second-order valence-electron chi connectivity index (χ2n) is 5.65. The summed E-state index contributed by atoms with van der Waals surface area (Å²) in [5, 5.41) is 14.7. The Labute approximate surface area is 147 Å². The molecule has 6 heteroatoms. The van der Waals surface area contributed by atoms with E-state index < -0.39 is 11.8 Å². The van der Waals surface area contributed by atoms with Gasteiger partial charge >= 0.3 is 11.8 Å². The molecular formula is C19H23N3O3. The Morgan fingerprint density at radius 3 is 2.16 bits per heavy atom. The van der Waals surface area contributed by atoms with Crippen molar-refractivity contribution >= 4 is 28.9 Å². The van der Waals surface area contributed by atoms with E-state index in [1.807, 2.05) is 19.1 Å². The standard InChI is InChI=1S/C19H23N3O3/c1-4-22(5-2)15-9-7-14(8-10-15)20-18(24)19(25)21-16-12-13(3)6-11-17(16)23/h6-12,23H,4-5H2,1-3H3,(H,20,24)(H,21,25). The minimum Gasteiger partial charge on any atom is -0.506 e. The molecule has 0 unspecified atom stereocenters. The highest BCUT2D eigenvalue weighted by Gasteiger charge is 2.16. The fraction of sp³-hybridized carbons (Fsp3) is 0.263. The number of anilines is 3. The third-order valence-corrected chi connectivity index (χ3v) is 3.86. The Kier molecular flexibility index (Phi) is 6.00. The van der Waals surface area contributed by atoms with E-state index in [0.29, 0.717) is 5.69 Å². The number of carbonyl (C=O) groups is 2. The van der Waals surface area contributed by atoms with Gasteiger partial charge in [0.25, 0.3) is 0 Å². The lowest BCUT2D eigenvalue weighted by Gasteiger charge is -2.21. The number of nitrogens with one attached hydrogen (secondary N) is 2. The number of hydrogen-bond donors (Lipinski definition) is 3. The quantitative estimate of drug-likeness (QED) is 0.576.